The lowest BCUT2D eigenvalue weighted by Crippen LogP contribution is -2.44. The molecule has 188 valence electrons. The quantitative estimate of drug-likeness (QED) is 0.423. The van der Waals surface area contributed by atoms with Gasteiger partial charge in [0.2, 0.25) is 0 Å². The Hall–Kier alpha value is -3.84. The van der Waals surface area contributed by atoms with Gasteiger partial charge in [-0.1, -0.05) is 42.5 Å². The van der Waals surface area contributed by atoms with Crippen molar-refractivity contribution >= 4 is 17.1 Å². The zero-order chi connectivity index (χ0) is 24.9. The molecule has 4 heterocycles. The van der Waals surface area contributed by atoms with E-state index in [0.717, 1.165) is 58.9 Å². The molecule has 7 nitrogen and oxygen atoms in total. The van der Waals surface area contributed by atoms with Gasteiger partial charge >= 0.3 is 6.03 Å². The van der Waals surface area contributed by atoms with E-state index in [1.807, 2.05) is 24.0 Å². The van der Waals surface area contributed by atoms with E-state index in [9.17, 15) is 4.79 Å². The van der Waals surface area contributed by atoms with Crippen LogP contribution in [0.1, 0.15) is 23.0 Å². The number of aromatic nitrogens is 2. The van der Waals surface area contributed by atoms with Crippen molar-refractivity contribution in [1.29, 1.82) is 0 Å². The normalized spacial score (nSPS) is 23.0. The topological polar surface area (TPSA) is 73.5 Å². The minimum absolute atomic E-state index is 0.105. The number of urea groups is 1. The van der Waals surface area contributed by atoms with Crippen LogP contribution in [0, 0.1) is 18.8 Å². The molecule has 2 saturated heterocycles. The van der Waals surface area contributed by atoms with Crippen LogP contribution < -0.4 is 10.1 Å². The Morgan fingerprint density at radius 2 is 1.86 bits per heavy atom. The summed E-state index contributed by atoms with van der Waals surface area (Å²) in [6.07, 6.45) is 0. The smallest absolute Gasteiger partial charge is 0.320 e. The summed E-state index contributed by atoms with van der Waals surface area (Å²) in [5.74, 6) is 2.72. The summed E-state index contributed by atoms with van der Waals surface area (Å²) >= 11 is 0. The number of carbonyl (C=O) groups excluding carboxylic acids is 1. The first kappa shape index (κ1) is 22.4. The van der Waals surface area contributed by atoms with E-state index in [0.29, 0.717) is 31.5 Å². The van der Waals surface area contributed by atoms with Crippen molar-refractivity contribution < 1.29 is 9.53 Å². The Labute approximate surface area is 216 Å². The van der Waals surface area contributed by atoms with Crippen molar-refractivity contribution in [2.45, 2.75) is 19.5 Å². The monoisotopic (exact) mass is 493 g/mol. The number of hydrogen-bond donors (Lipinski definition) is 2. The zero-order valence-corrected chi connectivity index (χ0v) is 21.0. The lowest BCUT2D eigenvalue weighted by atomic mass is 9.90. The van der Waals surface area contributed by atoms with E-state index in [4.69, 9.17) is 4.74 Å². The van der Waals surface area contributed by atoms with E-state index in [-0.39, 0.29) is 12.1 Å². The van der Waals surface area contributed by atoms with Crippen LogP contribution >= 0.6 is 0 Å². The number of rotatable bonds is 2. The maximum Gasteiger partial charge on any atom is 0.320 e. The summed E-state index contributed by atoms with van der Waals surface area (Å²) in [6.45, 7) is 6.32. The van der Waals surface area contributed by atoms with E-state index in [1.165, 1.54) is 5.56 Å². The maximum absolute atomic E-state index is 14.0. The zero-order valence-electron chi connectivity index (χ0n) is 21.0. The van der Waals surface area contributed by atoms with E-state index >= 15 is 0 Å². The second kappa shape index (κ2) is 8.92. The molecule has 0 aliphatic carbocycles. The average Bonchev–Trinajstić information content (AvgIpc) is 3.57. The largest absolute Gasteiger partial charge is 0.491 e. The molecule has 0 saturated carbocycles. The molecule has 3 aromatic carbocycles. The Balaban J connectivity index is 1.18. The number of likely N-dealkylation sites (tertiary alicyclic amines) is 1. The van der Waals surface area contributed by atoms with Crippen molar-refractivity contribution in [3.63, 3.8) is 0 Å². The van der Waals surface area contributed by atoms with Crippen LogP contribution in [0.3, 0.4) is 0 Å². The van der Waals surface area contributed by atoms with Gasteiger partial charge in [-0.25, -0.2) is 9.78 Å². The van der Waals surface area contributed by atoms with Crippen molar-refractivity contribution in [3.8, 4) is 16.9 Å². The third kappa shape index (κ3) is 3.94. The van der Waals surface area contributed by atoms with E-state index < -0.39 is 0 Å². The first-order valence-corrected chi connectivity index (χ1v) is 13.2. The number of benzene rings is 3. The minimum Gasteiger partial charge on any atom is -0.491 e. The number of fused-ring (bicyclic) bond motifs is 3. The minimum atomic E-state index is 0.105. The molecule has 7 rings (SSSR count). The molecule has 3 aliphatic rings. The summed E-state index contributed by atoms with van der Waals surface area (Å²) in [4.78, 5) is 26.0. The van der Waals surface area contributed by atoms with Gasteiger partial charge in [-0.2, -0.15) is 0 Å². The van der Waals surface area contributed by atoms with Crippen LogP contribution in [-0.4, -0.2) is 58.6 Å². The lowest BCUT2D eigenvalue weighted by molar-refractivity contribution is 0.135. The first-order chi connectivity index (χ1) is 18.1. The van der Waals surface area contributed by atoms with Crippen molar-refractivity contribution in [1.82, 2.24) is 25.1 Å². The molecule has 2 N–H and O–H groups in total. The molecule has 0 spiro atoms. The van der Waals surface area contributed by atoms with Crippen molar-refractivity contribution in [2.75, 3.05) is 32.8 Å². The molecule has 0 bridgehead atoms. The van der Waals surface area contributed by atoms with Gasteiger partial charge in [-0.15, -0.1) is 0 Å². The Morgan fingerprint density at radius 1 is 1.03 bits per heavy atom. The molecular formula is C30H31N5O2. The SMILES string of the molecule is Cc1nc2ccc(-c3ccc4c(c3)CN(C(=O)N3CC5CNCC5C3c3ccccc3)CCO4)cc2[nH]1. The fourth-order valence-electron chi connectivity index (χ4n) is 6.43. The predicted molar refractivity (Wildman–Crippen MR) is 143 cm³/mol. The molecule has 4 aromatic rings. The number of aromatic amines is 1. The summed E-state index contributed by atoms with van der Waals surface area (Å²) in [7, 11) is 0. The summed E-state index contributed by atoms with van der Waals surface area (Å²) < 4.78 is 6.10. The maximum atomic E-state index is 14.0. The molecule has 0 radical (unpaired) electrons. The number of ether oxygens (including phenoxy) is 1. The molecular weight excluding hydrogens is 462 g/mol. The third-order valence-electron chi connectivity index (χ3n) is 8.20. The predicted octanol–water partition coefficient (Wildman–Crippen LogP) is 4.75. The van der Waals surface area contributed by atoms with Gasteiger partial charge in [0, 0.05) is 31.1 Å². The van der Waals surface area contributed by atoms with Crippen LogP contribution in [0.4, 0.5) is 4.79 Å². The first-order valence-electron chi connectivity index (χ1n) is 13.2. The number of aryl methyl sites for hydroxylation is 1. The van der Waals surface area contributed by atoms with Gasteiger partial charge in [-0.3, -0.25) is 0 Å². The van der Waals surface area contributed by atoms with Gasteiger partial charge in [0.25, 0.3) is 0 Å². The average molecular weight is 494 g/mol. The number of amides is 2. The summed E-state index contributed by atoms with van der Waals surface area (Å²) in [6, 6.07) is 23.3. The highest BCUT2D eigenvalue weighted by Crippen LogP contribution is 2.43. The number of nitrogens with one attached hydrogen (secondary N) is 2. The molecule has 37 heavy (non-hydrogen) atoms. The van der Waals surface area contributed by atoms with Crippen molar-refractivity contribution in [2.24, 2.45) is 11.8 Å². The van der Waals surface area contributed by atoms with Gasteiger partial charge in [-0.05, 0) is 53.8 Å². The van der Waals surface area contributed by atoms with Gasteiger partial charge in [0.15, 0.2) is 0 Å². The van der Waals surface area contributed by atoms with Gasteiger partial charge in [0.1, 0.15) is 18.2 Å². The Kier molecular flexibility index (Phi) is 5.39. The number of imidazole rings is 1. The van der Waals surface area contributed by atoms with Gasteiger partial charge in [0.05, 0.1) is 30.2 Å². The number of H-pyrrole nitrogens is 1. The third-order valence-corrected chi connectivity index (χ3v) is 8.20. The highest BCUT2D eigenvalue weighted by atomic mass is 16.5. The van der Waals surface area contributed by atoms with E-state index in [1.54, 1.807) is 0 Å². The molecule has 3 unspecified atom stereocenters. The second-order valence-corrected chi connectivity index (χ2v) is 10.5. The lowest BCUT2D eigenvalue weighted by Gasteiger charge is -2.33. The summed E-state index contributed by atoms with van der Waals surface area (Å²) in [5, 5.41) is 3.54. The van der Waals surface area contributed by atoms with Crippen LogP contribution in [0.25, 0.3) is 22.2 Å². The molecule has 2 fully saturated rings. The fourth-order valence-corrected chi connectivity index (χ4v) is 6.43. The highest BCUT2D eigenvalue weighted by molar-refractivity contribution is 5.82. The second-order valence-electron chi connectivity index (χ2n) is 10.5. The van der Waals surface area contributed by atoms with Crippen LogP contribution in [0.5, 0.6) is 5.75 Å². The Morgan fingerprint density at radius 3 is 2.76 bits per heavy atom. The van der Waals surface area contributed by atoms with Crippen LogP contribution in [0.2, 0.25) is 0 Å². The Bertz CT molecular complexity index is 1470. The highest BCUT2D eigenvalue weighted by Gasteiger charge is 2.47. The number of hydrogen-bond acceptors (Lipinski definition) is 4. The molecule has 3 aliphatic heterocycles. The standard InChI is InChI=1S/C30H31N5O2/c1-19-32-26-9-7-22(14-27(26)33-19)21-8-10-28-23(13-21)17-34(11-12-37-28)30(36)35-18-24-15-31-16-25(24)29(35)20-5-3-2-4-6-20/h2-10,13-14,24-25,29,31H,11-12,15-18H2,1H3,(H,32,33). The van der Waals surface area contributed by atoms with Crippen LogP contribution in [-0.2, 0) is 6.54 Å². The molecule has 1 aromatic heterocycles. The summed E-state index contributed by atoms with van der Waals surface area (Å²) in [5.41, 5.74) is 6.49. The number of carbonyl (C=O) groups is 1. The van der Waals surface area contributed by atoms with Crippen LogP contribution in [0.15, 0.2) is 66.7 Å². The van der Waals surface area contributed by atoms with E-state index in [2.05, 4.69) is 74.8 Å². The number of nitrogens with zero attached hydrogens (tertiary/aromatic N) is 3. The van der Waals surface area contributed by atoms with Crippen molar-refractivity contribution in [3.05, 3.63) is 83.7 Å². The molecule has 2 amide bonds. The fraction of sp³-hybridized carbons (Fsp3) is 0.333. The molecule has 3 atom stereocenters. The van der Waals surface area contributed by atoms with Gasteiger partial charge < -0.3 is 24.8 Å². The molecule has 7 heteroatoms.